The van der Waals surface area contributed by atoms with Gasteiger partial charge in [0.25, 0.3) is 0 Å². The van der Waals surface area contributed by atoms with E-state index in [4.69, 9.17) is 5.73 Å². The summed E-state index contributed by atoms with van der Waals surface area (Å²) >= 11 is 0. The Kier molecular flexibility index (Phi) is 3.10. The molecule has 1 rings (SSSR count). The molecule has 80 valence electrons. The Morgan fingerprint density at radius 2 is 2.14 bits per heavy atom. The van der Waals surface area contributed by atoms with Gasteiger partial charge in [0.2, 0.25) is 11.8 Å². The SMILES string of the molecule is CC(C)(CN)CN1CC(=O)NCC1=O. The molecular weight excluding hydrogens is 182 g/mol. The molecule has 0 unspecified atom stereocenters. The molecule has 1 aliphatic rings. The summed E-state index contributed by atoms with van der Waals surface area (Å²) in [4.78, 5) is 24.0. The van der Waals surface area contributed by atoms with Gasteiger partial charge in [-0.15, -0.1) is 0 Å². The van der Waals surface area contributed by atoms with Crippen molar-refractivity contribution >= 4 is 11.8 Å². The van der Waals surface area contributed by atoms with Crippen molar-refractivity contribution in [1.82, 2.24) is 10.2 Å². The number of nitrogens with one attached hydrogen (secondary N) is 1. The Morgan fingerprint density at radius 3 is 2.71 bits per heavy atom. The number of piperazine rings is 1. The predicted octanol–water partition coefficient (Wildman–Crippen LogP) is -1.07. The van der Waals surface area contributed by atoms with Crippen LogP contribution in [-0.2, 0) is 9.59 Å². The van der Waals surface area contributed by atoms with E-state index in [1.807, 2.05) is 13.8 Å². The first-order valence-electron chi connectivity index (χ1n) is 4.69. The number of hydrogen-bond acceptors (Lipinski definition) is 3. The molecule has 3 N–H and O–H groups in total. The minimum atomic E-state index is -0.132. The van der Waals surface area contributed by atoms with Crippen molar-refractivity contribution in [1.29, 1.82) is 0 Å². The standard InChI is InChI=1S/C9H17N3O2/c1-9(2,5-10)6-12-4-7(13)11-3-8(12)14/h3-6,10H2,1-2H3,(H,11,13). The lowest BCUT2D eigenvalue weighted by atomic mass is 9.93. The Balaban J connectivity index is 2.58. The Morgan fingerprint density at radius 1 is 1.50 bits per heavy atom. The zero-order valence-electron chi connectivity index (χ0n) is 8.67. The summed E-state index contributed by atoms with van der Waals surface area (Å²) in [7, 11) is 0. The molecule has 5 nitrogen and oxygen atoms in total. The van der Waals surface area contributed by atoms with Gasteiger partial charge in [-0.05, 0) is 12.0 Å². The molecule has 0 aromatic rings. The highest BCUT2D eigenvalue weighted by Gasteiger charge is 2.28. The molecule has 0 aromatic heterocycles. The number of rotatable bonds is 3. The van der Waals surface area contributed by atoms with Gasteiger partial charge in [-0.1, -0.05) is 13.8 Å². The van der Waals surface area contributed by atoms with Gasteiger partial charge in [-0.2, -0.15) is 0 Å². The minimum Gasteiger partial charge on any atom is -0.345 e. The minimum absolute atomic E-state index is 0.0360. The second kappa shape index (κ2) is 3.96. The fourth-order valence-electron chi connectivity index (χ4n) is 1.33. The number of nitrogens with zero attached hydrogens (tertiary/aromatic N) is 1. The van der Waals surface area contributed by atoms with Crippen LogP contribution in [0.2, 0.25) is 0 Å². The molecule has 0 atom stereocenters. The summed E-state index contributed by atoms with van der Waals surface area (Å²) in [5.74, 6) is -0.136. The molecular formula is C9H17N3O2. The summed E-state index contributed by atoms with van der Waals surface area (Å²) in [6.45, 7) is 5.26. The molecule has 0 saturated carbocycles. The van der Waals surface area contributed by atoms with E-state index in [0.29, 0.717) is 13.1 Å². The number of hydrogen-bond donors (Lipinski definition) is 2. The maximum atomic E-state index is 11.4. The third-order valence-electron chi connectivity index (χ3n) is 2.30. The fourth-order valence-corrected chi connectivity index (χ4v) is 1.33. The van der Waals surface area contributed by atoms with E-state index < -0.39 is 0 Å². The third-order valence-corrected chi connectivity index (χ3v) is 2.30. The van der Waals surface area contributed by atoms with Crippen molar-refractivity contribution in [2.45, 2.75) is 13.8 Å². The lowest BCUT2D eigenvalue weighted by molar-refractivity contribution is -0.141. The van der Waals surface area contributed by atoms with Crippen molar-refractivity contribution < 1.29 is 9.59 Å². The van der Waals surface area contributed by atoms with Gasteiger partial charge in [0.05, 0.1) is 13.1 Å². The molecule has 14 heavy (non-hydrogen) atoms. The first-order valence-corrected chi connectivity index (χ1v) is 4.69. The average molecular weight is 199 g/mol. The van der Waals surface area contributed by atoms with E-state index in [0.717, 1.165) is 0 Å². The van der Waals surface area contributed by atoms with Gasteiger partial charge in [-0.3, -0.25) is 9.59 Å². The van der Waals surface area contributed by atoms with Crippen LogP contribution in [0.15, 0.2) is 0 Å². The van der Waals surface area contributed by atoms with E-state index in [1.165, 1.54) is 0 Å². The maximum Gasteiger partial charge on any atom is 0.242 e. The highest BCUT2D eigenvalue weighted by molar-refractivity contribution is 5.92. The zero-order valence-corrected chi connectivity index (χ0v) is 8.67. The van der Waals surface area contributed by atoms with E-state index in [1.54, 1.807) is 4.90 Å². The number of carbonyl (C=O) groups is 2. The van der Waals surface area contributed by atoms with Gasteiger partial charge in [0, 0.05) is 6.54 Å². The lowest BCUT2D eigenvalue weighted by Gasteiger charge is -2.33. The van der Waals surface area contributed by atoms with Gasteiger partial charge < -0.3 is 16.0 Å². The van der Waals surface area contributed by atoms with Gasteiger partial charge in [0.1, 0.15) is 0 Å². The van der Waals surface area contributed by atoms with Gasteiger partial charge >= 0.3 is 0 Å². The highest BCUT2D eigenvalue weighted by atomic mass is 16.2. The normalized spacial score (nSPS) is 18.4. The second-order valence-corrected chi connectivity index (χ2v) is 4.39. The van der Waals surface area contributed by atoms with Crippen molar-refractivity contribution in [3.8, 4) is 0 Å². The predicted molar refractivity (Wildman–Crippen MR) is 52.4 cm³/mol. The van der Waals surface area contributed by atoms with E-state index in [2.05, 4.69) is 5.32 Å². The van der Waals surface area contributed by atoms with Crippen LogP contribution in [0.4, 0.5) is 0 Å². The van der Waals surface area contributed by atoms with Crippen LogP contribution in [-0.4, -0.2) is 42.9 Å². The van der Waals surface area contributed by atoms with Crippen molar-refractivity contribution in [3.63, 3.8) is 0 Å². The monoisotopic (exact) mass is 199 g/mol. The molecule has 0 aliphatic carbocycles. The van der Waals surface area contributed by atoms with Crippen LogP contribution >= 0.6 is 0 Å². The Hall–Kier alpha value is -1.10. The third kappa shape index (κ3) is 2.70. The summed E-state index contributed by atoms with van der Waals surface area (Å²) in [6, 6.07) is 0. The van der Waals surface area contributed by atoms with Crippen molar-refractivity contribution in [3.05, 3.63) is 0 Å². The van der Waals surface area contributed by atoms with Crippen LogP contribution in [0.3, 0.4) is 0 Å². The molecule has 0 aromatic carbocycles. The molecule has 1 heterocycles. The van der Waals surface area contributed by atoms with Crippen LogP contribution in [0, 0.1) is 5.41 Å². The quantitative estimate of drug-likeness (QED) is 0.607. The fraction of sp³-hybridized carbons (Fsp3) is 0.778. The summed E-state index contributed by atoms with van der Waals surface area (Å²) in [6.07, 6.45) is 0. The average Bonchev–Trinajstić information content (AvgIpc) is 2.11. The number of amides is 2. The zero-order chi connectivity index (χ0) is 10.8. The lowest BCUT2D eigenvalue weighted by Crippen LogP contribution is -2.54. The maximum absolute atomic E-state index is 11.4. The summed E-state index contributed by atoms with van der Waals surface area (Å²) in [5.41, 5.74) is 5.43. The molecule has 5 heteroatoms. The van der Waals surface area contributed by atoms with Crippen LogP contribution in [0.1, 0.15) is 13.8 Å². The largest absolute Gasteiger partial charge is 0.345 e. The number of carbonyl (C=O) groups excluding carboxylic acids is 2. The van der Waals surface area contributed by atoms with Crippen molar-refractivity contribution in [2.75, 3.05) is 26.2 Å². The molecule has 1 saturated heterocycles. The van der Waals surface area contributed by atoms with Crippen LogP contribution in [0.5, 0.6) is 0 Å². The topological polar surface area (TPSA) is 75.4 Å². The summed E-state index contributed by atoms with van der Waals surface area (Å²) < 4.78 is 0. The molecule has 0 radical (unpaired) electrons. The van der Waals surface area contributed by atoms with Crippen LogP contribution < -0.4 is 11.1 Å². The summed E-state index contributed by atoms with van der Waals surface area (Å²) in [5, 5.41) is 2.50. The van der Waals surface area contributed by atoms with Crippen LogP contribution in [0.25, 0.3) is 0 Å². The molecule has 0 bridgehead atoms. The Bertz CT molecular complexity index is 250. The molecule has 0 spiro atoms. The second-order valence-electron chi connectivity index (χ2n) is 4.39. The van der Waals surface area contributed by atoms with Gasteiger partial charge in [0.15, 0.2) is 0 Å². The first-order chi connectivity index (χ1) is 6.44. The number of nitrogens with two attached hydrogens (primary N) is 1. The van der Waals surface area contributed by atoms with Gasteiger partial charge in [-0.25, -0.2) is 0 Å². The molecule has 1 fully saturated rings. The highest BCUT2D eigenvalue weighted by Crippen LogP contribution is 2.15. The molecule has 1 aliphatic heterocycles. The smallest absolute Gasteiger partial charge is 0.242 e. The van der Waals surface area contributed by atoms with Crippen molar-refractivity contribution in [2.24, 2.45) is 11.1 Å². The molecule has 2 amide bonds. The van der Waals surface area contributed by atoms with E-state index in [9.17, 15) is 9.59 Å². The van der Waals surface area contributed by atoms with E-state index in [-0.39, 0.29) is 30.3 Å². The Labute approximate surface area is 83.6 Å². The first kappa shape index (κ1) is 11.0. The van der Waals surface area contributed by atoms with E-state index >= 15 is 0 Å².